The molecule has 2 aromatic carbocycles. The molecule has 2 aromatic rings. The number of nitrogens with one attached hydrogen (secondary N) is 1. The maximum Gasteiger partial charge on any atom is 0.289 e. The third-order valence-corrected chi connectivity index (χ3v) is 4.87. The smallest absolute Gasteiger partial charge is 0.289 e. The summed E-state index contributed by atoms with van der Waals surface area (Å²) in [5.41, 5.74) is 3.18. The minimum absolute atomic E-state index is 0.118. The van der Waals surface area contributed by atoms with Crippen LogP contribution in [0.5, 0.6) is 0 Å². The molecule has 0 bridgehead atoms. The minimum Gasteiger partial charge on any atom is -0.300 e. The highest BCUT2D eigenvalue weighted by Gasteiger charge is 2.23. The van der Waals surface area contributed by atoms with Gasteiger partial charge in [0.25, 0.3) is 5.24 Å². The van der Waals surface area contributed by atoms with Crippen molar-refractivity contribution < 1.29 is 4.79 Å². The second-order valence-electron chi connectivity index (χ2n) is 6.83. The van der Waals surface area contributed by atoms with Gasteiger partial charge in [0.2, 0.25) is 0 Å². The van der Waals surface area contributed by atoms with Crippen LogP contribution in [0.15, 0.2) is 58.4 Å². The summed E-state index contributed by atoms with van der Waals surface area (Å²) in [7, 11) is 0. The standard InChI is InChI=1S/C20H19ClN2OS/c1-20(2,3)14-6-4-13(5-7-14)12-17-18(23-19(24)25-17)22-16-10-8-15(21)9-11-16/h4-12H,1-3H3,(H,22,23,24)/b17-12-. The Bertz CT molecular complexity index is 847. The molecule has 0 unspecified atom stereocenters. The molecule has 1 aliphatic rings. The number of hydrogen-bond donors (Lipinski definition) is 1. The molecule has 3 nitrogen and oxygen atoms in total. The van der Waals surface area contributed by atoms with E-state index < -0.39 is 0 Å². The minimum atomic E-state index is -0.120. The SMILES string of the molecule is CC(C)(C)c1ccc(/C=C2\SC(=O)NC2=Nc2ccc(Cl)cc2)cc1. The number of hydrogen-bond acceptors (Lipinski definition) is 3. The van der Waals surface area contributed by atoms with Gasteiger partial charge in [-0.3, -0.25) is 4.79 Å². The zero-order valence-corrected chi connectivity index (χ0v) is 15.9. The number of carbonyl (C=O) groups excluding carboxylic acids is 1. The molecular weight excluding hydrogens is 352 g/mol. The van der Waals surface area contributed by atoms with Crippen LogP contribution in [0.2, 0.25) is 5.02 Å². The highest BCUT2D eigenvalue weighted by Crippen LogP contribution is 2.29. The molecule has 5 heteroatoms. The largest absolute Gasteiger partial charge is 0.300 e. The molecule has 0 saturated carbocycles. The number of rotatable bonds is 2. The molecule has 3 rings (SSSR count). The van der Waals surface area contributed by atoms with Crippen LogP contribution in [0, 0.1) is 0 Å². The van der Waals surface area contributed by atoms with E-state index in [1.807, 2.05) is 18.2 Å². The lowest BCUT2D eigenvalue weighted by Gasteiger charge is -2.18. The number of benzene rings is 2. The highest BCUT2D eigenvalue weighted by atomic mass is 35.5. The van der Waals surface area contributed by atoms with Gasteiger partial charge >= 0.3 is 0 Å². The second-order valence-corrected chi connectivity index (χ2v) is 8.28. The first-order valence-electron chi connectivity index (χ1n) is 7.97. The fourth-order valence-corrected chi connectivity index (χ4v) is 3.25. The van der Waals surface area contributed by atoms with E-state index in [9.17, 15) is 4.79 Å². The molecule has 0 spiro atoms. The normalized spacial score (nSPS) is 18.0. The van der Waals surface area contributed by atoms with Crippen molar-refractivity contribution in [3.8, 4) is 0 Å². The molecule has 1 saturated heterocycles. The summed E-state index contributed by atoms with van der Waals surface area (Å²) >= 11 is 7.05. The first-order valence-corrected chi connectivity index (χ1v) is 9.16. The van der Waals surface area contributed by atoms with Gasteiger partial charge in [-0.1, -0.05) is 56.6 Å². The van der Waals surface area contributed by atoms with Gasteiger partial charge in [0.1, 0.15) is 5.84 Å². The molecule has 1 N–H and O–H groups in total. The summed E-state index contributed by atoms with van der Waals surface area (Å²) < 4.78 is 0. The molecule has 0 aliphatic carbocycles. The van der Waals surface area contributed by atoms with Gasteiger partial charge in [-0.05, 0) is 58.6 Å². The zero-order valence-electron chi connectivity index (χ0n) is 14.3. The van der Waals surface area contributed by atoms with Crippen molar-refractivity contribution >= 4 is 46.2 Å². The van der Waals surface area contributed by atoms with Gasteiger partial charge in [-0.2, -0.15) is 0 Å². The maximum absolute atomic E-state index is 11.8. The molecule has 1 amide bonds. The van der Waals surface area contributed by atoms with Crippen LogP contribution in [-0.4, -0.2) is 11.1 Å². The predicted octanol–water partition coefficient (Wildman–Crippen LogP) is 6.17. The fraction of sp³-hybridized carbons (Fsp3) is 0.200. The third kappa shape index (κ3) is 4.53. The Hall–Kier alpha value is -2.04. The van der Waals surface area contributed by atoms with E-state index >= 15 is 0 Å². The van der Waals surface area contributed by atoms with E-state index in [0.29, 0.717) is 10.9 Å². The Morgan fingerprint density at radius 3 is 2.28 bits per heavy atom. The molecular formula is C20H19ClN2OS. The van der Waals surface area contributed by atoms with E-state index in [1.54, 1.807) is 12.1 Å². The van der Waals surface area contributed by atoms with Crippen molar-refractivity contribution in [1.82, 2.24) is 5.32 Å². The van der Waals surface area contributed by atoms with Gasteiger partial charge in [0, 0.05) is 5.02 Å². The van der Waals surface area contributed by atoms with Crippen molar-refractivity contribution in [2.45, 2.75) is 26.2 Å². The van der Waals surface area contributed by atoms with Crippen molar-refractivity contribution in [3.63, 3.8) is 0 Å². The van der Waals surface area contributed by atoms with Gasteiger partial charge in [0.15, 0.2) is 0 Å². The molecule has 0 aromatic heterocycles. The molecule has 1 fully saturated rings. The van der Waals surface area contributed by atoms with Crippen LogP contribution in [0.25, 0.3) is 6.08 Å². The van der Waals surface area contributed by atoms with E-state index in [4.69, 9.17) is 11.6 Å². The van der Waals surface area contributed by atoms with E-state index in [2.05, 4.69) is 55.3 Å². The monoisotopic (exact) mass is 370 g/mol. The number of nitrogens with zero attached hydrogens (tertiary/aromatic N) is 1. The summed E-state index contributed by atoms with van der Waals surface area (Å²) in [6.45, 7) is 6.56. The maximum atomic E-state index is 11.8. The van der Waals surface area contributed by atoms with Crippen LogP contribution in [0.1, 0.15) is 31.9 Å². The fourth-order valence-electron chi connectivity index (χ4n) is 2.39. The number of halogens is 1. The number of thioether (sulfide) groups is 1. The second kappa shape index (κ2) is 7.06. The van der Waals surface area contributed by atoms with E-state index in [0.717, 1.165) is 27.9 Å². The molecule has 0 radical (unpaired) electrons. The van der Waals surface area contributed by atoms with Crippen LogP contribution in [-0.2, 0) is 5.41 Å². The third-order valence-electron chi connectivity index (χ3n) is 3.80. The van der Waals surface area contributed by atoms with Gasteiger partial charge < -0.3 is 5.32 Å². The van der Waals surface area contributed by atoms with Crippen molar-refractivity contribution in [3.05, 3.63) is 69.6 Å². The summed E-state index contributed by atoms with van der Waals surface area (Å²) in [6.07, 6.45) is 1.98. The van der Waals surface area contributed by atoms with E-state index in [1.165, 1.54) is 5.56 Å². The Kier molecular flexibility index (Phi) is 5.02. The first-order chi connectivity index (χ1) is 11.8. The topological polar surface area (TPSA) is 41.5 Å². The van der Waals surface area contributed by atoms with Crippen LogP contribution in [0.3, 0.4) is 0 Å². The summed E-state index contributed by atoms with van der Waals surface area (Å²) in [4.78, 5) is 17.1. The molecule has 25 heavy (non-hydrogen) atoms. The highest BCUT2D eigenvalue weighted by molar-refractivity contribution is 8.18. The summed E-state index contributed by atoms with van der Waals surface area (Å²) in [5.74, 6) is 0.567. The molecule has 0 atom stereocenters. The zero-order chi connectivity index (χ0) is 18.0. The summed E-state index contributed by atoms with van der Waals surface area (Å²) in [5, 5.41) is 3.33. The quantitative estimate of drug-likeness (QED) is 0.687. The lowest BCUT2D eigenvalue weighted by Crippen LogP contribution is -2.18. The van der Waals surface area contributed by atoms with Crippen molar-refractivity contribution in [2.24, 2.45) is 4.99 Å². The first kappa shape index (κ1) is 17.8. The number of amidine groups is 1. The number of amides is 1. The van der Waals surface area contributed by atoms with Crippen molar-refractivity contribution in [2.75, 3.05) is 0 Å². The average molecular weight is 371 g/mol. The van der Waals surface area contributed by atoms with Gasteiger partial charge in [-0.15, -0.1) is 0 Å². The number of carbonyl (C=O) groups is 1. The van der Waals surface area contributed by atoms with Gasteiger partial charge in [-0.25, -0.2) is 4.99 Å². The molecule has 1 aliphatic heterocycles. The van der Waals surface area contributed by atoms with Crippen molar-refractivity contribution in [1.29, 1.82) is 0 Å². The number of aliphatic imine (C=N–C) groups is 1. The van der Waals surface area contributed by atoms with Gasteiger partial charge in [0.05, 0.1) is 10.6 Å². The average Bonchev–Trinajstić information content (AvgIpc) is 2.88. The van der Waals surface area contributed by atoms with Crippen LogP contribution in [0.4, 0.5) is 10.5 Å². The Labute approximate surface area is 157 Å². The molecule has 1 heterocycles. The Morgan fingerprint density at radius 2 is 1.68 bits per heavy atom. The van der Waals surface area contributed by atoms with Crippen LogP contribution < -0.4 is 5.32 Å². The van der Waals surface area contributed by atoms with Crippen LogP contribution >= 0.6 is 23.4 Å². The predicted molar refractivity (Wildman–Crippen MR) is 108 cm³/mol. The Balaban J connectivity index is 1.89. The lowest BCUT2D eigenvalue weighted by molar-refractivity contribution is 0.265. The summed E-state index contributed by atoms with van der Waals surface area (Å²) in [6, 6.07) is 15.6. The van der Waals surface area contributed by atoms with E-state index in [-0.39, 0.29) is 10.7 Å². The Morgan fingerprint density at radius 1 is 1.04 bits per heavy atom. The molecule has 128 valence electrons. The lowest BCUT2D eigenvalue weighted by atomic mass is 9.87.